The summed E-state index contributed by atoms with van der Waals surface area (Å²) in [5.41, 5.74) is 0.748. The van der Waals surface area contributed by atoms with Crippen LogP contribution in [0.15, 0.2) is 66.5 Å². The van der Waals surface area contributed by atoms with Crippen molar-refractivity contribution in [1.82, 2.24) is 0 Å². The largest absolute Gasteiger partial charge is 0.507 e. The van der Waals surface area contributed by atoms with Gasteiger partial charge in [0, 0.05) is 11.1 Å². The highest BCUT2D eigenvalue weighted by Crippen LogP contribution is 2.29. The lowest BCUT2D eigenvalue weighted by atomic mass is 10.0. The summed E-state index contributed by atoms with van der Waals surface area (Å²) < 4.78 is 13.9. The first-order valence-electron chi connectivity index (χ1n) is 6.24. The van der Waals surface area contributed by atoms with Gasteiger partial charge in [0.15, 0.2) is 0 Å². The van der Waals surface area contributed by atoms with Gasteiger partial charge in [-0.05, 0) is 11.6 Å². The Bertz CT molecular complexity index is 703. The van der Waals surface area contributed by atoms with Crippen molar-refractivity contribution < 1.29 is 19.4 Å². The van der Waals surface area contributed by atoms with Gasteiger partial charge in [0.1, 0.15) is 5.75 Å². The van der Waals surface area contributed by atoms with Crippen LogP contribution in [0.4, 0.5) is 4.39 Å². The Labute approximate surface area is 121 Å². The summed E-state index contributed by atoms with van der Waals surface area (Å²) in [5.74, 6) is -3.17. The highest BCUT2D eigenvalue weighted by molar-refractivity contribution is 5.98. The molecule has 2 rings (SSSR count). The third-order valence-corrected chi connectivity index (χ3v) is 2.86. The molecule has 0 aliphatic carbocycles. The van der Waals surface area contributed by atoms with E-state index in [2.05, 4.69) is 0 Å². The zero-order valence-corrected chi connectivity index (χ0v) is 11.0. The minimum atomic E-state index is -1.68. The van der Waals surface area contributed by atoms with E-state index in [9.17, 15) is 14.3 Å². The van der Waals surface area contributed by atoms with E-state index in [-0.39, 0.29) is 16.9 Å². The number of aromatic hydroxyl groups is 1. The summed E-state index contributed by atoms with van der Waals surface area (Å²) in [7, 11) is 0. The number of phenols is 1. The molecule has 3 nitrogen and oxygen atoms in total. The highest BCUT2D eigenvalue weighted by Gasteiger charge is 2.16. The average Bonchev–Trinajstić information content (AvgIpc) is 2.50. The molecule has 0 fully saturated rings. The van der Waals surface area contributed by atoms with Gasteiger partial charge < -0.3 is 10.2 Å². The van der Waals surface area contributed by atoms with Gasteiger partial charge in [0.2, 0.25) is 5.83 Å². The van der Waals surface area contributed by atoms with E-state index in [1.54, 1.807) is 30.3 Å². The molecule has 0 bridgehead atoms. The maximum Gasteiger partial charge on any atom is 0.365 e. The Kier molecular flexibility index (Phi) is 4.51. The Morgan fingerprint density at radius 2 is 1.62 bits per heavy atom. The molecule has 0 heterocycles. The van der Waals surface area contributed by atoms with Crippen molar-refractivity contribution in [3.05, 3.63) is 77.6 Å². The Balaban J connectivity index is 2.49. The second kappa shape index (κ2) is 6.52. The molecule has 0 spiro atoms. The molecule has 0 radical (unpaired) electrons. The molecule has 0 aliphatic heterocycles. The van der Waals surface area contributed by atoms with Gasteiger partial charge in [-0.25, -0.2) is 4.79 Å². The second-order valence-electron chi connectivity index (χ2n) is 4.29. The van der Waals surface area contributed by atoms with Gasteiger partial charge in [-0.2, -0.15) is 4.39 Å². The van der Waals surface area contributed by atoms with E-state index >= 15 is 0 Å². The van der Waals surface area contributed by atoms with E-state index < -0.39 is 11.8 Å². The third kappa shape index (κ3) is 3.57. The number of benzene rings is 2. The molecule has 106 valence electrons. The summed E-state index contributed by atoms with van der Waals surface area (Å²) in [6, 6.07) is 15.1. The summed E-state index contributed by atoms with van der Waals surface area (Å²) in [4.78, 5) is 10.9. The van der Waals surface area contributed by atoms with Gasteiger partial charge >= 0.3 is 5.97 Å². The van der Waals surface area contributed by atoms with Crippen molar-refractivity contribution >= 4 is 17.6 Å². The van der Waals surface area contributed by atoms with Crippen molar-refractivity contribution in [3.63, 3.8) is 0 Å². The fourth-order valence-corrected chi connectivity index (χ4v) is 1.84. The molecule has 2 N–H and O–H groups in total. The highest BCUT2D eigenvalue weighted by atomic mass is 19.1. The predicted octanol–water partition coefficient (Wildman–Crippen LogP) is 3.87. The number of carbonyl (C=O) groups is 1. The van der Waals surface area contributed by atoms with Crippen LogP contribution in [0.5, 0.6) is 5.75 Å². The first kappa shape index (κ1) is 14.5. The van der Waals surface area contributed by atoms with Crippen LogP contribution in [0.3, 0.4) is 0 Å². The molecule has 0 saturated carbocycles. The third-order valence-electron chi connectivity index (χ3n) is 2.86. The zero-order chi connectivity index (χ0) is 15.2. The Morgan fingerprint density at radius 1 is 1.00 bits per heavy atom. The van der Waals surface area contributed by atoms with E-state index in [4.69, 9.17) is 5.11 Å². The summed E-state index contributed by atoms with van der Waals surface area (Å²) in [5, 5.41) is 18.6. The fraction of sp³-hybridized carbons (Fsp3) is 0. The van der Waals surface area contributed by atoms with Crippen molar-refractivity contribution in [1.29, 1.82) is 0 Å². The van der Waals surface area contributed by atoms with E-state index in [0.717, 1.165) is 5.56 Å². The van der Waals surface area contributed by atoms with Gasteiger partial charge in [0.25, 0.3) is 0 Å². The van der Waals surface area contributed by atoms with Gasteiger partial charge in [-0.1, -0.05) is 60.7 Å². The van der Waals surface area contributed by atoms with Gasteiger partial charge in [-0.15, -0.1) is 0 Å². The van der Waals surface area contributed by atoms with Gasteiger partial charge in [-0.3, -0.25) is 0 Å². The van der Waals surface area contributed by atoms with Crippen LogP contribution in [0.1, 0.15) is 11.1 Å². The monoisotopic (exact) mass is 284 g/mol. The van der Waals surface area contributed by atoms with Crippen molar-refractivity contribution in [3.8, 4) is 5.75 Å². The van der Waals surface area contributed by atoms with E-state index in [1.165, 1.54) is 18.2 Å². The van der Waals surface area contributed by atoms with Gasteiger partial charge in [0.05, 0.1) is 0 Å². The van der Waals surface area contributed by atoms with Crippen LogP contribution in [0.25, 0.3) is 11.6 Å². The van der Waals surface area contributed by atoms with Crippen LogP contribution >= 0.6 is 0 Å². The molecule has 0 aromatic heterocycles. The lowest BCUT2D eigenvalue weighted by molar-refractivity contribution is -0.134. The zero-order valence-electron chi connectivity index (χ0n) is 11.0. The number of carboxylic acids is 1. The summed E-state index contributed by atoms with van der Waals surface area (Å²) in [6.07, 6.45) is 2.93. The molecule has 2 aromatic carbocycles. The van der Waals surface area contributed by atoms with Crippen molar-refractivity contribution in [2.45, 2.75) is 0 Å². The fourth-order valence-electron chi connectivity index (χ4n) is 1.84. The number of para-hydroxylation sites is 1. The quantitative estimate of drug-likeness (QED) is 0.662. The van der Waals surface area contributed by atoms with Crippen LogP contribution in [0.2, 0.25) is 0 Å². The standard InChI is InChI=1S/C17H13FO3/c18-16(17(20)21)14(13-8-4-5-9-15(13)19)11-10-12-6-2-1-3-7-12/h1-11,19H,(H,20,21). The minimum Gasteiger partial charge on any atom is -0.507 e. The van der Waals surface area contributed by atoms with Crippen LogP contribution in [-0.4, -0.2) is 16.2 Å². The molecule has 21 heavy (non-hydrogen) atoms. The lowest BCUT2D eigenvalue weighted by Crippen LogP contribution is -1.98. The van der Waals surface area contributed by atoms with Crippen LogP contribution in [0, 0.1) is 0 Å². The first-order valence-corrected chi connectivity index (χ1v) is 6.24. The molecule has 0 saturated heterocycles. The minimum absolute atomic E-state index is 0.129. The molecule has 0 amide bonds. The molecule has 4 heteroatoms. The molecule has 0 atom stereocenters. The summed E-state index contributed by atoms with van der Waals surface area (Å²) in [6.45, 7) is 0. The molecular formula is C17H13FO3. The van der Waals surface area contributed by atoms with Crippen molar-refractivity contribution in [2.24, 2.45) is 0 Å². The van der Waals surface area contributed by atoms with E-state index in [1.807, 2.05) is 18.2 Å². The molecular weight excluding hydrogens is 271 g/mol. The Hall–Kier alpha value is -2.88. The van der Waals surface area contributed by atoms with Crippen molar-refractivity contribution in [2.75, 3.05) is 0 Å². The number of halogens is 1. The second-order valence-corrected chi connectivity index (χ2v) is 4.29. The maximum absolute atomic E-state index is 13.9. The molecule has 0 unspecified atom stereocenters. The summed E-state index contributed by atoms with van der Waals surface area (Å²) >= 11 is 0. The Morgan fingerprint density at radius 3 is 2.24 bits per heavy atom. The molecule has 0 aliphatic rings. The first-order chi connectivity index (χ1) is 10.1. The van der Waals surface area contributed by atoms with E-state index in [0.29, 0.717) is 0 Å². The smallest absolute Gasteiger partial charge is 0.365 e. The number of rotatable bonds is 4. The van der Waals surface area contributed by atoms with Crippen LogP contribution in [-0.2, 0) is 4.79 Å². The number of hydrogen-bond donors (Lipinski definition) is 2. The predicted molar refractivity (Wildman–Crippen MR) is 79.2 cm³/mol. The number of hydrogen-bond acceptors (Lipinski definition) is 2. The number of allylic oxidation sites excluding steroid dienone is 2. The topological polar surface area (TPSA) is 57.5 Å². The SMILES string of the molecule is O=C(O)C(F)=C(C=Cc1ccccc1)c1ccccc1O. The maximum atomic E-state index is 13.9. The van der Waals surface area contributed by atoms with Crippen LogP contribution < -0.4 is 0 Å². The lowest BCUT2D eigenvalue weighted by Gasteiger charge is -2.06. The number of carboxylic acid groups (broad SMARTS) is 1. The average molecular weight is 284 g/mol. The normalized spacial score (nSPS) is 12.2. The number of aliphatic carboxylic acids is 1. The number of phenolic OH excluding ortho intramolecular Hbond substituents is 1. The molecule has 2 aromatic rings.